The molecule has 0 fully saturated rings. The van der Waals surface area contributed by atoms with Crippen molar-refractivity contribution in [3.63, 3.8) is 0 Å². The molecular formula is C24H22N10. The molecule has 0 saturated heterocycles. The van der Waals surface area contributed by atoms with Crippen LogP contribution in [0.5, 0.6) is 0 Å². The highest BCUT2D eigenvalue weighted by Crippen LogP contribution is 2.20. The fourth-order valence-electron chi connectivity index (χ4n) is 3.54. The summed E-state index contributed by atoms with van der Waals surface area (Å²) < 4.78 is 0. The summed E-state index contributed by atoms with van der Waals surface area (Å²) in [4.78, 5) is 32.0. The van der Waals surface area contributed by atoms with Crippen LogP contribution in [0, 0.1) is 0 Å². The molecule has 0 spiro atoms. The van der Waals surface area contributed by atoms with Crippen molar-refractivity contribution in [3.05, 3.63) is 84.3 Å². The number of hydrogen-bond acceptors (Lipinski definition) is 9. The lowest BCUT2D eigenvalue weighted by Crippen LogP contribution is -2.52. The predicted molar refractivity (Wildman–Crippen MR) is 134 cm³/mol. The van der Waals surface area contributed by atoms with Gasteiger partial charge in [-0.25, -0.2) is 29.9 Å². The van der Waals surface area contributed by atoms with Gasteiger partial charge in [-0.1, -0.05) is 60.7 Å². The summed E-state index contributed by atoms with van der Waals surface area (Å²) in [7, 11) is 0. The number of aromatic amines is 1. The molecule has 0 bridgehead atoms. The second kappa shape index (κ2) is 9.51. The molecule has 2 aliphatic rings. The molecule has 0 saturated carbocycles. The molecule has 10 heteroatoms. The third kappa shape index (κ3) is 4.76. The third-order valence-corrected chi connectivity index (χ3v) is 5.24. The van der Waals surface area contributed by atoms with Crippen LogP contribution in [0.4, 0.5) is 5.95 Å². The average molecular weight is 451 g/mol. The van der Waals surface area contributed by atoms with E-state index in [2.05, 4.69) is 57.4 Å². The zero-order chi connectivity index (χ0) is 23.2. The van der Waals surface area contributed by atoms with E-state index < -0.39 is 5.66 Å². The Kier molecular flexibility index (Phi) is 5.95. The van der Waals surface area contributed by atoms with Crippen LogP contribution in [0.1, 0.15) is 11.1 Å². The maximum absolute atomic E-state index is 6.29. The number of nitrogens with two attached hydrogens (primary N) is 1. The number of amidine groups is 1. The molecule has 2 aromatic heterocycles. The van der Waals surface area contributed by atoms with E-state index in [4.69, 9.17) is 5.73 Å². The number of anilines is 1. The molecule has 2 aliphatic heterocycles. The Hall–Kier alpha value is -4.57. The average Bonchev–Trinajstić information content (AvgIpc) is 3.55. The van der Waals surface area contributed by atoms with Crippen LogP contribution < -0.4 is 11.1 Å². The van der Waals surface area contributed by atoms with E-state index in [0.717, 1.165) is 11.1 Å². The molecule has 168 valence electrons. The highest BCUT2D eigenvalue weighted by Gasteiger charge is 2.37. The Morgan fingerprint density at radius 1 is 0.882 bits per heavy atom. The van der Waals surface area contributed by atoms with E-state index in [-0.39, 0.29) is 0 Å². The van der Waals surface area contributed by atoms with Crippen molar-refractivity contribution in [1.82, 2.24) is 19.9 Å². The van der Waals surface area contributed by atoms with Crippen LogP contribution in [0.3, 0.4) is 0 Å². The smallest absolute Gasteiger partial charge is 0.225 e. The molecular weight excluding hydrogens is 428 g/mol. The Morgan fingerprint density at radius 3 is 2.44 bits per heavy atom. The molecule has 2 aromatic carbocycles. The second-order valence-electron chi connectivity index (χ2n) is 7.68. The summed E-state index contributed by atoms with van der Waals surface area (Å²) in [6.07, 6.45) is 6.85. The van der Waals surface area contributed by atoms with E-state index >= 15 is 0 Å². The third-order valence-electron chi connectivity index (χ3n) is 5.24. The van der Waals surface area contributed by atoms with Gasteiger partial charge in [-0.3, -0.25) is 0 Å². The standard InChI is InChI=1S/2C12H11N5/c13-12(6-9-4-2-1-3-5-9)10-11(15-7-14-10)16-8-17-12;1-2-4-9(5-3-1)6-13-12-14-7-10-11(17-12)16-8-15-10/h1-5,7-8H,6,13H2;1-5,7-8H,6H2,(H2,13,14,15,16,17). The van der Waals surface area contributed by atoms with Crippen molar-refractivity contribution in [2.75, 3.05) is 5.32 Å². The van der Waals surface area contributed by atoms with Crippen molar-refractivity contribution in [1.29, 1.82) is 0 Å². The van der Waals surface area contributed by atoms with E-state index in [1.54, 1.807) is 12.5 Å². The minimum absolute atomic E-state index is 0.568. The lowest BCUT2D eigenvalue weighted by molar-refractivity contribution is 0.597. The molecule has 4 aromatic rings. The van der Waals surface area contributed by atoms with E-state index in [0.29, 0.717) is 36.1 Å². The number of fused-ring (bicyclic) bond motifs is 2. The van der Waals surface area contributed by atoms with E-state index in [1.807, 2.05) is 48.5 Å². The first-order valence-corrected chi connectivity index (χ1v) is 10.7. The first kappa shape index (κ1) is 21.3. The SMILES string of the molecule is NC1(Cc2ccccc2)N=CN=C2N=CN=C21.c1ccc(CNc2ncc3[nH]cnc3n2)cc1. The first-order valence-electron chi connectivity index (χ1n) is 10.7. The molecule has 0 aliphatic carbocycles. The summed E-state index contributed by atoms with van der Waals surface area (Å²) in [5, 5.41) is 3.17. The molecule has 10 nitrogen and oxygen atoms in total. The van der Waals surface area contributed by atoms with Crippen LogP contribution in [0.15, 0.2) is 93.2 Å². The maximum Gasteiger partial charge on any atom is 0.225 e. The Morgan fingerprint density at radius 2 is 1.65 bits per heavy atom. The molecule has 34 heavy (non-hydrogen) atoms. The second-order valence-corrected chi connectivity index (χ2v) is 7.68. The normalized spacial score (nSPS) is 18.0. The molecule has 6 rings (SSSR count). The Bertz CT molecular complexity index is 1390. The number of nitrogens with zero attached hydrogens (tertiary/aromatic N) is 7. The lowest BCUT2D eigenvalue weighted by atomic mass is 9.95. The zero-order valence-corrected chi connectivity index (χ0v) is 18.2. The fraction of sp³-hybridized carbons (Fsp3) is 0.125. The van der Waals surface area contributed by atoms with Gasteiger partial charge in [0.1, 0.15) is 23.9 Å². The number of aromatic nitrogens is 4. The molecule has 0 radical (unpaired) electrons. The summed E-state index contributed by atoms with van der Waals surface area (Å²) >= 11 is 0. The minimum atomic E-state index is -0.852. The van der Waals surface area contributed by atoms with Gasteiger partial charge in [-0.15, -0.1) is 0 Å². The van der Waals surface area contributed by atoms with Crippen molar-refractivity contribution in [3.8, 4) is 0 Å². The highest BCUT2D eigenvalue weighted by molar-refractivity contribution is 6.50. The maximum atomic E-state index is 6.29. The Balaban J connectivity index is 0.000000142. The summed E-state index contributed by atoms with van der Waals surface area (Å²) in [6.45, 7) is 0.705. The largest absolute Gasteiger partial charge is 0.350 e. The first-order chi connectivity index (χ1) is 16.7. The number of nitrogens with one attached hydrogen (secondary N) is 2. The van der Waals surface area contributed by atoms with Gasteiger partial charge in [-0.05, 0) is 11.1 Å². The number of imidazole rings is 1. The minimum Gasteiger partial charge on any atom is -0.350 e. The van der Waals surface area contributed by atoms with Crippen LogP contribution in [-0.4, -0.2) is 49.8 Å². The number of H-pyrrole nitrogens is 1. The molecule has 4 heterocycles. The van der Waals surface area contributed by atoms with Crippen molar-refractivity contribution in [2.24, 2.45) is 25.7 Å². The fourth-order valence-corrected chi connectivity index (χ4v) is 3.54. The van der Waals surface area contributed by atoms with Gasteiger partial charge in [0.25, 0.3) is 0 Å². The van der Waals surface area contributed by atoms with Crippen LogP contribution >= 0.6 is 0 Å². The van der Waals surface area contributed by atoms with E-state index in [1.165, 1.54) is 18.2 Å². The summed E-state index contributed by atoms with van der Waals surface area (Å²) in [5.74, 6) is 1.16. The van der Waals surface area contributed by atoms with Gasteiger partial charge in [0.05, 0.1) is 12.5 Å². The number of hydrogen-bond donors (Lipinski definition) is 3. The predicted octanol–water partition coefficient (Wildman–Crippen LogP) is 2.77. The van der Waals surface area contributed by atoms with Crippen LogP contribution in [0.2, 0.25) is 0 Å². The number of benzene rings is 2. The quantitative estimate of drug-likeness (QED) is 0.429. The van der Waals surface area contributed by atoms with Crippen LogP contribution in [0.25, 0.3) is 11.2 Å². The van der Waals surface area contributed by atoms with Gasteiger partial charge in [0, 0.05) is 13.0 Å². The van der Waals surface area contributed by atoms with E-state index in [9.17, 15) is 0 Å². The lowest BCUT2D eigenvalue weighted by Gasteiger charge is -2.26. The van der Waals surface area contributed by atoms with Gasteiger partial charge in [-0.2, -0.15) is 4.98 Å². The van der Waals surface area contributed by atoms with Crippen molar-refractivity contribution >= 4 is 41.3 Å². The summed E-state index contributed by atoms with van der Waals surface area (Å²) in [6, 6.07) is 20.1. The van der Waals surface area contributed by atoms with Crippen LogP contribution in [-0.2, 0) is 13.0 Å². The van der Waals surface area contributed by atoms with Gasteiger partial charge >= 0.3 is 0 Å². The Labute approximate surface area is 195 Å². The number of aliphatic imine (C=N–C) groups is 4. The zero-order valence-electron chi connectivity index (χ0n) is 18.2. The van der Waals surface area contributed by atoms with Gasteiger partial charge in [0.2, 0.25) is 5.95 Å². The van der Waals surface area contributed by atoms with Crippen molar-refractivity contribution in [2.45, 2.75) is 18.6 Å². The monoisotopic (exact) mass is 450 g/mol. The summed E-state index contributed by atoms with van der Waals surface area (Å²) in [5.41, 5.74) is 9.90. The van der Waals surface area contributed by atoms with Crippen molar-refractivity contribution < 1.29 is 0 Å². The highest BCUT2D eigenvalue weighted by atomic mass is 15.2. The molecule has 4 N–H and O–H groups in total. The number of rotatable bonds is 5. The van der Waals surface area contributed by atoms with Gasteiger partial charge in [0.15, 0.2) is 17.1 Å². The topological polar surface area (TPSA) is 142 Å². The molecule has 1 atom stereocenters. The van der Waals surface area contributed by atoms with Gasteiger partial charge < -0.3 is 16.0 Å². The molecule has 1 unspecified atom stereocenters. The molecule has 0 amide bonds.